The van der Waals surface area contributed by atoms with Gasteiger partial charge in [0, 0.05) is 36.0 Å². The minimum Gasteiger partial charge on any atom is -0.497 e. The summed E-state index contributed by atoms with van der Waals surface area (Å²) in [5, 5.41) is 3.10. The molecule has 1 unspecified atom stereocenters. The Bertz CT molecular complexity index is 849. The van der Waals surface area contributed by atoms with E-state index in [1.54, 1.807) is 18.2 Å². The highest BCUT2D eigenvalue weighted by atomic mass is 16.5. The number of hydrogen-bond donors (Lipinski definition) is 2. The Hall–Kier alpha value is -1.81. The number of nitrogens with two attached hydrogens (primary N) is 1. The van der Waals surface area contributed by atoms with Crippen LogP contribution in [0.25, 0.3) is 10.9 Å². The van der Waals surface area contributed by atoms with Gasteiger partial charge in [-0.15, -0.1) is 0 Å². The topological polar surface area (TPSA) is 60.2 Å². The predicted octanol–water partition coefficient (Wildman–Crippen LogP) is 2.78. The minimum absolute atomic E-state index is 0.105. The Morgan fingerprint density at radius 1 is 1.58 bits per heavy atom. The molecule has 1 heterocycles. The van der Waals surface area contributed by atoms with E-state index in [2.05, 4.69) is 10.3 Å². The van der Waals surface area contributed by atoms with E-state index in [0.29, 0.717) is 16.7 Å². The summed E-state index contributed by atoms with van der Waals surface area (Å²) < 4.78 is 75.3. The summed E-state index contributed by atoms with van der Waals surface area (Å²) >= 11 is 0. The van der Waals surface area contributed by atoms with Crippen LogP contribution in [0.4, 0.5) is 5.69 Å². The van der Waals surface area contributed by atoms with E-state index in [4.69, 9.17) is 22.8 Å². The van der Waals surface area contributed by atoms with Crippen LogP contribution in [0.15, 0.2) is 30.5 Å². The molecule has 102 valence electrons. The number of benzene rings is 1. The van der Waals surface area contributed by atoms with Gasteiger partial charge in [-0.05, 0) is 38.2 Å². The molecule has 0 aliphatic carbocycles. The maximum absolute atomic E-state index is 8.15. The number of rotatable bonds is 6. The third-order valence-corrected chi connectivity index (χ3v) is 2.50. The second-order valence-corrected chi connectivity index (χ2v) is 3.74. The van der Waals surface area contributed by atoms with E-state index in [9.17, 15) is 0 Å². The highest BCUT2D eigenvalue weighted by molar-refractivity contribution is 5.91. The summed E-state index contributed by atoms with van der Waals surface area (Å²) in [5.74, 6) is 0.352. The fourth-order valence-electron chi connectivity index (χ4n) is 1.70. The van der Waals surface area contributed by atoms with Crippen molar-refractivity contribution in [3.8, 4) is 5.75 Å². The summed E-state index contributed by atoms with van der Waals surface area (Å²) in [6.45, 7) is -6.16. The van der Waals surface area contributed by atoms with Crippen molar-refractivity contribution in [2.45, 2.75) is 25.6 Å². The van der Waals surface area contributed by atoms with Gasteiger partial charge in [-0.3, -0.25) is 4.98 Å². The van der Waals surface area contributed by atoms with Crippen LogP contribution in [0.3, 0.4) is 0 Å². The molecule has 0 bridgehead atoms. The molecule has 19 heavy (non-hydrogen) atoms. The zero-order valence-electron chi connectivity index (χ0n) is 19.4. The lowest BCUT2D eigenvalue weighted by atomic mass is 10.1. The van der Waals surface area contributed by atoms with Crippen LogP contribution in [0.2, 0.25) is 0 Å². The van der Waals surface area contributed by atoms with Gasteiger partial charge in [0.15, 0.2) is 0 Å². The monoisotopic (exact) mass is 268 g/mol. The Labute approximate surface area is 126 Å². The molecule has 0 spiro atoms. The van der Waals surface area contributed by atoms with Gasteiger partial charge in [-0.2, -0.15) is 0 Å². The number of anilines is 1. The second kappa shape index (κ2) is 6.38. The van der Waals surface area contributed by atoms with Crippen LogP contribution in [0.1, 0.15) is 31.9 Å². The largest absolute Gasteiger partial charge is 0.497 e. The van der Waals surface area contributed by atoms with E-state index in [0.717, 1.165) is 0 Å². The van der Waals surface area contributed by atoms with Gasteiger partial charge in [-0.1, -0.05) is 6.07 Å². The van der Waals surface area contributed by atoms with Gasteiger partial charge in [0.1, 0.15) is 5.75 Å². The number of hydrogen-bond acceptors (Lipinski definition) is 4. The fourth-order valence-corrected chi connectivity index (χ4v) is 1.70. The molecule has 1 atom stereocenters. The first kappa shape index (κ1) is 6.09. The Morgan fingerprint density at radius 3 is 3.21 bits per heavy atom. The molecule has 0 saturated carbocycles. The lowest BCUT2D eigenvalue weighted by Crippen LogP contribution is -2.17. The standard InChI is InChI=1S/C15H21N3O/c1-11(5-3-7-16)18-14-10-13(19-2)9-12-6-4-8-17-15(12)14/h4,6,8-11,18H,3,5,7,16H2,1-2H3/i1D3,3D2,5D2,7D2. The summed E-state index contributed by atoms with van der Waals surface area (Å²) in [6, 6.07) is 4.30. The quantitative estimate of drug-likeness (QED) is 0.845. The predicted molar refractivity (Wildman–Crippen MR) is 79.7 cm³/mol. The normalized spacial score (nSPS) is 22.3. The first-order chi connectivity index (χ1) is 12.6. The number of aromatic nitrogens is 1. The molecular weight excluding hydrogens is 238 g/mol. The van der Waals surface area contributed by atoms with Gasteiger partial charge in [0.25, 0.3) is 0 Å². The van der Waals surface area contributed by atoms with Crippen LogP contribution in [-0.2, 0) is 0 Å². The molecule has 2 rings (SSSR count). The highest BCUT2D eigenvalue weighted by Crippen LogP contribution is 2.28. The zero-order valence-corrected chi connectivity index (χ0v) is 10.4. The molecule has 3 N–H and O–H groups in total. The molecule has 4 nitrogen and oxygen atoms in total. The molecule has 0 saturated heterocycles. The lowest BCUT2D eigenvalue weighted by molar-refractivity contribution is 0.415. The van der Waals surface area contributed by atoms with E-state index in [-0.39, 0.29) is 5.69 Å². The number of ether oxygens (including phenoxy) is 1. The summed E-state index contributed by atoms with van der Waals surface area (Å²) in [4.78, 5) is 4.17. The summed E-state index contributed by atoms with van der Waals surface area (Å²) in [5.41, 5.74) is 5.61. The van der Waals surface area contributed by atoms with Crippen LogP contribution in [0.5, 0.6) is 5.75 Å². The van der Waals surface area contributed by atoms with Gasteiger partial charge in [-0.25, -0.2) is 0 Å². The van der Waals surface area contributed by atoms with Gasteiger partial charge in [0.2, 0.25) is 0 Å². The summed E-state index contributed by atoms with van der Waals surface area (Å²) in [6.07, 6.45) is -5.08. The maximum atomic E-state index is 8.15. The molecule has 2 aromatic rings. The minimum atomic E-state index is -3.33. The first-order valence-electron chi connectivity index (χ1n) is 10.1. The number of nitrogens with one attached hydrogen (secondary N) is 1. The molecular formula is C15H21N3O. The van der Waals surface area contributed by atoms with Crippen molar-refractivity contribution < 1.29 is 17.1 Å². The number of nitrogens with zero attached hydrogens (tertiary/aromatic N) is 1. The number of pyridine rings is 1. The van der Waals surface area contributed by atoms with Gasteiger partial charge >= 0.3 is 0 Å². The van der Waals surface area contributed by atoms with Crippen LogP contribution in [0, 0.1) is 0 Å². The maximum Gasteiger partial charge on any atom is 0.121 e. The van der Waals surface area contributed by atoms with Crippen molar-refractivity contribution in [2.75, 3.05) is 18.9 Å². The molecule has 0 aliphatic rings. The van der Waals surface area contributed by atoms with Gasteiger partial charge in [0.05, 0.1) is 18.3 Å². The van der Waals surface area contributed by atoms with Crippen molar-refractivity contribution in [3.05, 3.63) is 30.5 Å². The SMILES string of the molecule is [2H]C([2H])([2H])C(Nc1cc(OC)cc2cccnc12)C([2H])([2H])C([2H])([2H])C([2H])([2H])N. The molecule has 0 radical (unpaired) electrons. The van der Waals surface area contributed by atoms with Crippen molar-refractivity contribution in [2.24, 2.45) is 5.73 Å². The van der Waals surface area contributed by atoms with Crippen molar-refractivity contribution in [1.82, 2.24) is 4.98 Å². The fraction of sp³-hybridized carbons (Fsp3) is 0.400. The van der Waals surface area contributed by atoms with E-state index < -0.39 is 32.1 Å². The average molecular weight is 268 g/mol. The third-order valence-electron chi connectivity index (χ3n) is 2.50. The Balaban J connectivity index is 2.63. The van der Waals surface area contributed by atoms with Crippen LogP contribution in [-0.4, -0.2) is 24.6 Å². The molecule has 1 aromatic heterocycles. The zero-order chi connectivity index (χ0) is 21.5. The van der Waals surface area contributed by atoms with E-state index >= 15 is 0 Å². The van der Waals surface area contributed by atoms with Crippen molar-refractivity contribution in [1.29, 1.82) is 0 Å². The van der Waals surface area contributed by atoms with Gasteiger partial charge < -0.3 is 15.8 Å². The second-order valence-electron chi connectivity index (χ2n) is 3.74. The van der Waals surface area contributed by atoms with E-state index in [1.807, 2.05) is 0 Å². The van der Waals surface area contributed by atoms with Crippen molar-refractivity contribution >= 4 is 16.6 Å². The van der Waals surface area contributed by atoms with Crippen molar-refractivity contribution in [3.63, 3.8) is 0 Å². The first-order valence-corrected chi connectivity index (χ1v) is 5.61. The van der Waals surface area contributed by atoms with Crippen LogP contribution < -0.4 is 15.8 Å². The lowest BCUT2D eigenvalue weighted by Gasteiger charge is -2.17. The number of fused-ring (bicyclic) bond motifs is 1. The van der Waals surface area contributed by atoms with Crippen LogP contribution >= 0.6 is 0 Å². The smallest absolute Gasteiger partial charge is 0.121 e. The number of methoxy groups -OCH3 is 1. The molecule has 0 amide bonds. The highest BCUT2D eigenvalue weighted by Gasteiger charge is 2.08. The Morgan fingerprint density at radius 2 is 2.47 bits per heavy atom. The molecule has 0 aliphatic heterocycles. The third kappa shape index (κ3) is 3.35. The van der Waals surface area contributed by atoms with E-state index in [1.165, 1.54) is 19.4 Å². The molecule has 4 heteroatoms. The molecule has 0 fully saturated rings. The Kier molecular flexibility index (Phi) is 2.05. The average Bonchev–Trinajstić information content (AvgIpc) is 2.56. The summed E-state index contributed by atoms with van der Waals surface area (Å²) in [7, 11) is 1.41. The molecule has 1 aromatic carbocycles.